The Labute approximate surface area is 109 Å². The lowest BCUT2D eigenvalue weighted by Crippen LogP contribution is -2.39. The van der Waals surface area contributed by atoms with Crippen molar-refractivity contribution >= 4 is 9.84 Å². The zero-order chi connectivity index (χ0) is 13.0. The van der Waals surface area contributed by atoms with Crippen LogP contribution < -0.4 is 0 Å². The number of ether oxygens (including phenoxy) is 1. The van der Waals surface area contributed by atoms with Gasteiger partial charge in [0.15, 0.2) is 9.84 Å². The Hall–Kier alpha value is -0.600. The van der Waals surface area contributed by atoms with E-state index in [1.165, 1.54) is 0 Å². The Morgan fingerprint density at radius 2 is 1.67 bits per heavy atom. The molecule has 0 radical (unpaired) electrons. The van der Waals surface area contributed by atoms with Crippen molar-refractivity contribution in [2.45, 2.75) is 55.4 Å². The van der Waals surface area contributed by atoms with Gasteiger partial charge in [-0.25, -0.2) is 8.42 Å². The van der Waals surface area contributed by atoms with Crippen molar-refractivity contribution in [1.29, 1.82) is 5.26 Å². The van der Waals surface area contributed by atoms with Crippen molar-refractivity contribution in [3.8, 4) is 6.07 Å². The van der Waals surface area contributed by atoms with Crippen molar-refractivity contribution in [3.05, 3.63) is 0 Å². The number of hydrogen-bond donors (Lipinski definition) is 0. The van der Waals surface area contributed by atoms with Crippen LogP contribution in [-0.2, 0) is 14.6 Å². The Morgan fingerprint density at radius 3 is 2.33 bits per heavy atom. The highest BCUT2D eigenvalue weighted by Crippen LogP contribution is 2.32. The van der Waals surface area contributed by atoms with Crippen molar-refractivity contribution in [2.75, 3.05) is 13.2 Å². The highest BCUT2D eigenvalue weighted by molar-refractivity contribution is 7.92. The molecule has 0 N–H and O–H groups in total. The molecule has 1 aliphatic carbocycles. The third-order valence-corrected chi connectivity index (χ3v) is 6.98. The summed E-state index contributed by atoms with van der Waals surface area (Å²) in [6, 6.07) is 2.23. The molecule has 0 aromatic rings. The maximum atomic E-state index is 12.7. The van der Waals surface area contributed by atoms with Crippen molar-refractivity contribution < 1.29 is 13.2 Å². The van der Waals surface area contributed by atoms with Crippen molar-refractivity contribution in [1.82, 2.24) is 0 Å². The normalized spacial score (nSPS) is 31.5. The molecular weight excluding hydrogens is 250 g/mol. The van der Waals surface area contributed by atoms with E-state index in [1.54, 1.807) is 0 Å². The second kappa shape index (κ2) is 6.03. The van der Waals surface area contributed by atoms with Crippen LogP contribution in [0.2, 0.25) is 0 Å². The molecule has 2 atom stereocenters. The van der Waals surface area contributed by atoms with Gasteiger partial charge in [-0.15, -0.1) is 0 Å². The molecule has 5 heteroatoms. The zero-order valence-corrected chi connectivity index (χ0v) is 11.5. The van der Waals surface area contributed by atoms with Crippen LogP contribution in [0.4, 0.5) is 0 Å². The van der Waals surface area contributed by atoms with Crippen LogP contribution in [0.5, 0.6) is 0 Å². The first-order valence-corrected chi connectivity index (χ1v) is 8.47. The fourth-order valence-corrected chi connectivity index (χ4v) is 5.56. The van der Waals surface area contributed by atoms with E-state index in [0.29, 0.717) is 32.5 Å². The molecule has 1 saturated heterocycles. The molecular formula is C13H21NO3S. The molecule has 0 aromatic carbocycles. The monoisotopic (exact) mass is 271 g/mol. The minimum atomic E-state index is -3.17. The van der Waals surface area contributed by atoms with Gasteiger partial charge in [-0.2, -0.15) is 5.26 Å². The highest BCUT2D eigenvalue weighted by atomic mass is 32.2. The first-order valence-electron chi connectivity index (χ1n) is 6.86. The van der Waals surface area contributed by atoms with Crippen molar-refractivity contribution in [2.24, 2.45) is 5.92 Å². The van der Waals surface area contributed by atoms with Crippen LogP contribution >= 0.6 is 0 Å². The summed E-state index contributed by atoms with van der Waals surface area (Å²) in [5.41, 5.74) is 0. The van der Waals surface area contributed by atoms with E-state index in [-0.39, 0.29) is 11.2 Å². The quantitative estimate of drug-likeness (QED) is 0.721. The predicted octanol–water partition coefficient (Wildman–Crippen LogP) is 2.05. The van der Waals surface area contributed by atoms with Crippen LogP contribution in [0.1, 0.15) is 44.9 Å². The fourth-order valence-electron chi connectivity index (χ4n) is 3.07. The van der Waals surface area contributed by atoms with Gasteiger partial charge in [-0.3, -0.25) is 0 Å². The van der Waals surface area contributed by atoms with Crippen LogP contribution in [0, 0.1) is 17.2 Å². The molecule has 102 valence electrons. The Bertz CT molecular complexity index is 406. The second-order valence-electron chi connectivity index (χ2n) is 5.31. The van der Waals surface area contributed by atoms with Crippen LogP contribution in [0.15, 0.2) is 0 Å². The summed E-state index contributed by atoms with van der Waals surface area (Å²) in [4.78, 5) is 0. The molecule has 1 saturated carbocycles. The molecule has 1 aliphatic heterocycles. The Morgan fingerprint density at radius 1 is 1.00 bits per heavy atom. The molecule has 2 fully saturated rings. The van der Waals surface area contributed by atoms with E-state index in [4.69, 9.17) is 4.74 Å². The van der Waals surface area contributed by atoms with Crippen molar-refractivity contribution in [3.63, 3.8) is 0 Å². The van der Waals surface area contributed by atoms with E-state index >= 15 is 0 Å². The summed E-state index contributed by atoms with van der Waals surface area (Å²) in [6.07, 6.45) is 5.57. The average molecular weight is 271 g/mol. The SMILES string of the molecule is N#CC1CCCCCC1S(=O)(=O)C1CCOCC1. The van der Waals surface area contributed by atoms with Crippen LogP contribution in [-0.4, -0.2) is 32.1 Å². The molecule has 2 unspecified atom stereocenters. The summed E-state index contributed by atoms with van der Waals surface area (Å²) in [5.74, 6) is -0.305. The summed E-state index contributed by atoms with van der Waals surface area (Å²) in [5, 5.41) is 8.49. The van der Waals surface area contributed by atoms with Gasteiger partial charge in [-0.05, 0) is 25.7 Å². The van der Waals surface area contributed by atoms with Gasteiger partial charge < -0.3 is 4.74 Å². The molecule has 2 aliphatic rings. The van der Waals surface area contributed by atoms with E-state index in [9.17, 15) is 13.7 Å². The molecule has 0 bridgehead atoms. The fraction of sp³-hybridized carbons (Fsp3) is 0.923. The topological polar surface area (TPSA) is 67.2 Å². The summed E-state index contributed by atoms with van der Waals surface area (Å²) in [7, 11) is -3.17. The van der Waals surface area contributed by atoms with Gasteiger partial charge in [-0.1, -0.05) is 19.3 Å². The highest BCUT2D eigenvalue weighted by Gasteiger charge is 2.40. The number of rotatable bonds is 2. The second-order valence-corrected chi connectivity index (χ2v) is 7.76. The number of nitriles is 1. The van der Waals surface area contributed by atoms with Gasteiger partial charge in [0.2, 0.25) is 0 Å². The standard InChI is InChI=1S/C13H21NO3S/c14-10-11-4-2-1-3-5-13(11)18(15,16)12-6-8-17-9-7-12/h11-13H,1-9H2. The smallest absolute Gasteiger partial charge is 0.157 e. The first kappa shape index (κ1) is 13.8. The van der Waals surface area contributed by atoms with Gasteiger partial charge in [0, 0.05) is 13.2 Å². The van der Waals surface area contributed by atoms with E-state index in [2.05, 4.69) is 6.07 Å². The third kappa shape index (κ3) is 2.86. The maximum Gasteiger partial charge on any atom is 0.157 e. The molecule has 0 amide bonds. The molecule has 1 heterocycles. The number of sulfone groups is 1. The molecule has 0 aromatic heterocycles. The van der Waals surface area contributed by atoms with Crippen LogP contribution in [0.3, 0.4) is 0 Å². The number of nitrogens with zero attached hydrogens (tertiary/aromatic N) is 1. The van der Waals surface area contributed by atoms with E-state index in [0.717, 1.165) is 25.7 Å². The Balaban J connectivity index is 2.17. The molecule has 18 heavy (non-hydrogen) atoms. The number of hydrogen-bond acceptors (Lipinski definition) is 4. The molecule has 4 nitrogen and oxygen atoms in total. The largest absolute Gasteiger partial charge is 0.381 e. The van der Waals surface area contributed by atoms with Gasteiger partial charge in [0.25, 0.3) is 0 Å². The Kier molecular flexibility index (Phi) is 4.63. The minimum absolute atomic E-state index is 0.287. The lowest BCUT2D eigenvalue weighted by Gasteiger charge is -2.28. The zero-order valence-electron chi connectivity index (χ0n) is 10.7. The van der Waals surface area contributed by atoms with Crippen LogP contribution in [0.25, 0.3) is 0 Å². The van der Waals surface area contributed by atoms with Gasteiger partial charge in [0.1, 0.15) is 0 Å². The third-order valence-electron chi connectivity index (χ3n) is 4.17. The summed E-state index contributed by atoms with van der Waals surface area (Å²) < 4.78 is 30.5. The minimum Gasteiger partial charge on any atom is -0.381 e. The summed E-state index contributed by atoms with van der Waals surface area (Å²) >= 11 is 0. The molecule has 2 rings (SSSR count). The lowest BCUT2D eigenvalue weighted by atomic mass is 10.0. The van der Waals surface area contributed by atoms with Gasteiger partial charge >= 0.3 is 0 Å². The average Bonchev–Trinajstić information content (AvgIpc) is 2.65. The van der Waals surface area contributed by atoms with Gasteiger partial charge in [0.05, 0.1) is 22.5 Å². The van der Waals surface area contributed by atoms with E-state index in [1.807, 2.05) is 0 Å². The lowest BCUT2D eigenvalue weighted by molar-refractivity contribution is 0.0981. The van der Waals surface area contributed by atoms with E-state index < -0.39 is 15.1 Å². The maximum absolute atomic E-state index is 12.7. The first-order chi connectivity index (χ1) is 8.66. The predicted molar refractivity (Wildman–Crippen MR) is 68.7 cm³/mol. The summed E-state index contributed by atoms with van der Waals surface area (Å²) in [6.45, 7) is 1.07. The molecule has 0 spiro atoms.